The van der Waals surface area contributed by atoms with Crippen molar-refractivity contribution in [1.29, 1.82) is 0 Å². The molecule has 5 heteroatoms. The maximum atomic E-state index is 12.0. The van der Waals surface area contributed by atoms with Crippen LogP contribution in [0.5, 0.6) is 5.75 Å². The van der Waals surface area contributed by atoms with Crippen molar-refractivity contribution >= 4 is 12.4 Å². The summed E-state index contributed by atoms with van der Waals surface area (Å²) in [6, 6.07) is 14.4. The lowest BCUT2D eigenvalue weighted by Gasteiger charge is -2.03. The standard InChI is InChI=1S/C18H18F2N2O/c1-2-3-14-4-6-15(7-5-14)12-21-22-13-16-8-10-17(11-9-16)23-18(19)20/h4-13,18H,2-3H2,1H3. The Hall–Kier alpha value is -2.56. The first-order valence-corrected chi connectivity index (χ1v) is 7.37. The highest BCUT2D eigenvalue weighted by Crippen LogP contribution is 2.14. The second-order valence-electron chi connectivity index (χ2n) is 4.93. The van der Waals surface area contributed by atoms with Gasteiger partial charge in [0.2, 0.25) is 0 Å². The minimum Gasteiger partial charge on any atom is -0.435 e. The third-order valence-corrected chi connectivity index (χ3v) is 3.10. The molecule has 0 radical (unpaired) electrons. The van der Waals surface area contributed by atoms with Gasteiger partial charge in [0.15, 0.2) is 0 Å². The van der Waals surface area contributed by atoms with E-state index in [2.05, 4.69) is 34.0 Å². The van der Waals surface area contributed by atoms with E-state index in [4.69, 9.17) is 0 Å². The summed E-state index contributed by atoms with van der Waals surface area (Å²) in [6.45, 7) is -0.668. The van der Waals surface area contributed by atoms with E-state index in [1.165, 1.54) is 17.7 Å². The zero-order valence-corrected chi connectivity index (χ0v) is 12.8. The zero-order valence-electron chi connectivity index (χ0n) is 12.8. The molecule has 0 N–H and O–H groups in total. The van der Waals surface area contributed by atoms with E-state index in [0.717, 1.165) is 24.0 Å². The average molecular weight is 316 g/mol. The molecule has 0 aliphatic heterocycles. The maximum absolute atomic E-state index is 12.0. The van der Waals surface area contributed by atoms with Crippen LogP contribution in [0.15, 0.2) is 58.7 Å². The molecule has 120 valence electrons. The van der Waals surface area contributed by atoms with E-state index < -0.39 is 6.61 Å². The number of rotatable bonds is 7. The number of hydrogen-bond acceptors (Lipinski definition) is 3. The van der Waals surface area contributed by atoms with Gasteiger partial charge >= 0.3 is 6.61 Å². The van der Waals surface area contributed by atoms with Crippen LogP contribution in [0.2, 0.25) is 0 Å². The van der Waals surface area contributed by atoms with E-state index in [0.29, 0.717) is 0 Å². The maximum Gasteiger partial charge on any atom is 0.387 e. The molecular weight excluding hydrogens is 298 g/mol. The number of benzene rings is 2. The largest absolute Gasteiger partial charge is 0.435 e. The van der Waals surface area contributed by atoms with Gasteiger partial charge in [-0.3, -0.25) is 0 Å². The van der Waals surface area contributed by atoms with Crippen molar-refractivity contribution in [3.8, 4) is 5.75 Å². The van der Waals surface area contributed by atoms with Gasteiger partial charge in [0.1, 0.15) is 5.75 Å². The summed E-state index contributed by atoms with van der Waals surface area (Å²) >= 11 is 0. The van der Waals surface area contributed by atoms with Gasteiger partial charge in [0.25, 0.3) is 0 Å². The number of hydrogen-bond donors (Lipinski definition) is 0. The van der Waals surface area contributed by atoms with Gasteiger partial charge in [-0.05, 0) is 47.4 Å². The van der Waals surface area contributed by atoms with Gasteiger partial charge in [-0.2, -0.15) is 19.0 Å². The Morgan fingerprint density at radius 1 is 0.913 bits per heavy atom. The van der Waals surface area contributed by atoms with Crippen LogP contribution in [0.3, 0.4) is 0 Å². The predicted octanol–water partition coefficient (Wildman–Crippen LogP) is 4.69. The fourth-order valence-electron chi connectivity index (χ4n) is 1.99. The van der Waals surface area contributed by atoms with Crippen molar-refractivity contribution in [1.82, 2.24) is 0 Å². The monoisotopic (exact) mass is 316 g/mol. The molecule has 0 aliphatic carbocycles. The van der Waals surface area contributed by atoms with E-state index >= 15 is 0 Å². The molecule has 23 heavy (non-hydrogen) atoms. The van der Waals surface area contributed by atoms with Crippen molar-refractivity contribution in [3.63, 3.8) is 0 Å². The normalized spacial score (nSPS) is 11.7. The Morgan fingerprint density at radius 3 is 1.91 bits per heavy atom. The van der Waals surface area contributed by atoms with Crippen LogP contribution in [0.1, 0.15) is 30.0 Å². The Labute approximate surface area is 134 Å². The van der Waals surface area contributed by atoms with Gasteiger partial charge < -0.3 is 4.74 Å². The van der Waals surface area contributed by atoms with Gasteiger partial charge in [0.05, 0.1) is 12.4 Å². The molecule has 2 rings (SSSR count). The lowest BCUT2D eigenvalue weighted by molar-refractivity contribution is -0.0498. The molecule has 0 heterocycles. The van der Waals surface area contributed by atoms with Crippen molar-refractivity contribution in [2.24, 2.45) is 10.2 Å². The van der Waals surface area contributed by atoms with Gasteiger partial charge in [-0.15, -0.1) is 0 Å². The van der Waals surface area contributed by atoms with E-state index in [1.54, 1.807) is 24.6 Å². The summed E-state index contributed by atoms with van der Waals surface area (Å²) in [7, 11) is 0. The van der Waals surface area contributed by atoms with Crippen molar-refractivity contribution in [2.75, 3.05) is 0 Å². The SMILES string of the molecule is CCCc1ccc(C=NN=Cc2ccc(OC(F)F)cc2)cc1. The number of nitrogens with zero attached hydrogens (tertiary/aromatic N) is 2. The molecule has 0 aliphatic rings. The molecule has 0 aromatic heterocycles. The second-order valence-corrected chi connectivity index (χ2v) is 4.93. The lowest BCUT2D eigenvalue weighted by Crippen LogP contribution is -2.01. The topological polar surface area (TPSA) is 34.0 Å². The number of alkyl halides is 2. The first-order chi connectivity index (χ1) is 11.2. The second kappa shape index (κ2) is 8.78. The molecule has 0 saturated carbocycles. The number of aryl methyl sites for hydroxylation is 1. The van der Waals surface area contributed by atoms with Crippen LogP contribution in [0.4, 0.5) is 8.78 Å². The van der Waals surface area contributed by atoms with Crippen molar-refractivity contribution in [3.05, 3.63) is 65.2 Å². The highest BCUT2D eigenvalue weighted by atomic mass is 19.3. The number of halogens is 2. The van der Waals surface area contributed by atoms with E-state index in [9.17, 15) is 8.78 Å². The summed E-state index contributed by atoms with van der Waals surface area (Å²) in [5, 5.41) is 7.92. The quantitative estimate of drug-likeness (QED) is 0.539. The average Bonchev–Trinajstić information content (AvgIpc) is 2.54. The molecule has 0 saturated heterocycles. The van der Waals surface area contributed by atoms with Crippen molar-refractivity contribution < 1.29 is 13.5 Å². The van der Waals surface area contributed by atoms with Crippen LogP contribution in [0.25, 0.3) is 0 Å². The third-order valence-electron chi connectivity index (χ3n) is 3.10. The predicted molar refractivity (Wildman–Crippen MR) is 88.7 cm³/mol. The molecule has 2 aromatic rings. The molecule has 0 atom stereocenters. The highest BCUT2D eigenvalue weighted by molar-refractivity contribution is 5.82. The van der Waals surface area contributed by atoms with Crippen LogP contribution in [-0.4, -0.2) is 19.0 Å². The Morgan fingerprint density at radius 2 is 1.43 bits per heavy atom. The van der Waals surface area contributed by atoms with E-state index in [1.807, 2.05) is 12.1 Å². The van der Waals surface area contributed by atoms with Crippen LogP contribution in [0, 0.1) is 0 Å². The molecule has 0 amide bonds. The Kier molecular flexibility index (Phi) is 6.41. The molecular formula is C18H18F2N2O. The summed E-state index contributed by atoms with van der Waals surface area (Å²) < 4.78 is 28.3. The van der Waals surface area contributed by atoms with Crippen LogP contribution in [-0.2, 0) is 6.42 Å². The third kappa shape index (κ3) is 5.98. The molecule has 2 aromatic carbocycles. The number of ether oxygens (including phenoxy) is 1. The fraction of sp³-hybridized carbons (Fsp3) is 0.222. The Bertz CT molecular complexity index is 650. The lowest BCUT2D eigenvalue weighted by atomic mass is 10.1. The van der Waals surface area contributed by atoms with Gasteiger partial charge in [-0.1, -0.05) is 37.6 Å². The summed E-state index contributed by atoms with van der Waals surface area (Å²) in [5.41, 5.74) is 3.03. The zero-order chi connectivity index (χ0) is 16.5. The smallest absolute Gasteiger partial charge is 0.387 e. The van der Waals surface area contributed by atoms with Gasteiger partial charge in [0, 0.05) is 0 Å². The minimum absolute atomic E-state index is 0.118. The Balaban J connectivity index is 1.90. The molecule has 0 unspecified atom stereocenters. The van der Waals surface area contributed by atoms with Crippen LogP contribution >= 0.6 is 0 Å². The molecule has 0 spiro atoms. The summed E-state index contributed by atoms with van der Waals surface area (Å²) in [5.74, 6) is 0.118. The molecule has 0 bridgehead atoms. The minimum atomic E-state index is -2.82. The molecule has 0 fully saturated rings. The summed E-state index contributed by atoms with van der Waals surface area (Å²) in [6.07, 6.45) is 5.41. The van der Waals surface area contributed by atoms with Crippen LogP contribution < -0.4 is 4.74 Å². The highest BCUT2D eigenvalue weighted by Gasteiger charge is 2.02. The first-order valence-electron chi connectivity index (χ1n) is 7.37. The fourth-order valence-corrected chi connectivity index (χ4v) is 1.99. The first kappa shape index (κ1) is 16.8. The van der Waals surface area contributed by atoms with E-state index in [-0.39, 0.29) is 5.75 Å². The van der Waals surface area contributed by atoms with Crippen molar-refractivity contribution in [2.45, 2.75) is 26.4 Å². The summed E-state index contributed by atoms with van der Waals surface area (Å²) in [4.78, 5) is 0. The van der Waals surface area contributed by atoms with Gasteiger partial charge in [-0.25, -0.2) is 0 Å². The molecule has 3 nitrogen and oxygen atoms in total.